The van der Waals surface area contributed by atoms with E-state index in [2.05, 4.69) is 66.9 Å². The summed E-state index contributed by atoms with van der Waals surface area (Å²) >= 11 is 0. The summed E-state index contributed by atoms with van der Waals surface area (Å²) in [6.45, 7) is 17.0. The van der Waals surface area contributed by atoms with E-state index in [0.29, 0.717) is 42.1 Å². The molecule has 4 heterocycles. The van der Waals surface area contributed by atoms with Crippen LogP contribution in [-0.2, 0) is 21.5 Å². The Kier molecular flexibility index (Phi) is 9.37. The largest absolute Gasteiger partial charge is 0.748 e. The minimum atomic E-state index is -4.57. The maximum atomic E-state index is 12.2. The first-order valence-corrected chi connectivity index (χ1v) is 19.2. The molecule has 0 fully saturated rings. The lowest BCUT2D eigenvalue weighted by atomic mass is 9.85. The maximum absolute atomic E-state index is 12.2. The Morgan fingerprint density at radius 2 is 1.70 bits per heavy atom. The number of aryl methyl sites for hydroxylation is 1. The number of hydrogen-bond acceptors (Lipinski definition) is 8. The zero-order chi connectivity index (χ0) is 36.2. The topological polar surface area (TPSA) is 131 Å². The van der Waals surface area contributed by atoms with Crippen LogP contribution in [0.5, 0.6) is 11.5 Å². The number of nitrogens with zero attached hydrogens (tertiary/aromatic N) is 4. The summed E-state index contributed by atoms with van der Waals surface area (Å²) in [6, 6.07) is 8.29. The number of fused-ring (bicyclic) bond motifs is 4. The van der Waals surface area contributed by atoms with Crippen molar-refractivity contribution < 1.29 is 27.6 Å². The van der Waals surface area contributed by atoms with Gasteiger partial charge in [0.25, 0.3) is 0 Å². The third-order valence-corrected chi connectivity index (χ3v) is 10.9. The van der Waals surface area contributed by atoms with Crippen molar-refractivity contribution in [3.63, 3.8) is 0 Å². The van der Waals surface area contributed by atoms with Crippen molar-refractivity contribution in [1.29, 1.82) is 0 Å². The molecule has 0 bridgehead atoms. The van der Waals surface area contributed by atoms with Crippen LogP contribution in [0.4, 0.5) is 5.69 Å². The highest BCUT2D eigenvalue weighted by Gasteiger charge is 2.37. The van der Waals surface area contributed by atoms with Crippen molar-refractivity contribution in [2.75, 3.05) is 23.7 Å². The molecular weight excluding hydrogens is 653 g/mol. The zero-order valence-electron chi connectivity index (χ0n) is 30.1. The Morgan fingerprint density at radius 3 is 2.36 bits per heavy atom. The Morgan fingerprint density at radius 1 is 0.940 bits per heavy atom. The summed E-state index contributed by atoms with van der Waals surface area (Å²) in [7, 11) is -4.57. The highest BCUT2D eigenvalue weighted by molar-refractivity contribution is 7.86. The first-order valence-electron chi connectivity index (χ1n) is 17.6. The molecule has 3 aliphatic rings. The molecule has 3 aliphatic heterocycles. The molecule has 0 amide bonds. The molecule has 0 N–H and O–H groups in total. The number of anilines is 1. The second-order valence-corrected chi connectivity index (χ2v) is 15.9. The number of carboxylic acids is 1. The number of aliphatic carboxylic acids is 1. The molecule has 0 atom stereocenters. The number of imidazole rings is 1. The highest BCUT2D eigenvalue weighted by Crippen LogP contribution is 2.46. The van der Waals surface area contributed by atoms with Gasteiger partial charge in [-0.1, -0.05) is 19.4 Å². The molecular formula is C39H47N4O6S-. The monoisotopic (exact) mass is 699 g/mol. The van der Waals surface area contributed by atoms with Crippen molar-refractivity contribution in [2.24, 2.45) is 0 Å². The third-order valence-electron chi connectivity index (χ3n) is 10.2. The summed E-state index contributed by atoms with van der Waals surface area (Å²) < 4.78 is 47.9. The predicted molar refractivity (Wildman–Crippen MR) is 193 cm³/mol. The van der Waals surface area contributed by atoms with E-state index in [-0.39, 0.29) is 12.0 Å². The number of benzene rings is 2. The van der Waals surface area contributed by atoms with Crippen LogP contribution < -0.4 is 29.9 Å². The molecule has 50 heavy (non-hydrogen) atoms. The van der Waals surface area contributed by atoms with Gasteiger partial charge in [-0.05, 0) is 82.7 Å². The molecule has 3 aromatic rings. The number of carbonyl (C=O) groups excluding carboxylic acids is 1. The zero-order valence-corrected chi connectivity index (χ0v) is 30.9. The summed E-state index contributed by atoms with van der Waals surface area (Å²) in [5, 5.41) is 13.0. The standard InChI is InChI=1S/C39H48N4O6S/c1-8-25-22-38(4,5)42(9-2)31-20-33-29(18-27(25)31)36(37-40-15-17-41(37)16-13-11-12-14-35(44)45)30-19-28-26(24-50(46,47)48)23-39(6,7)43(10-3)32(28)21-34(30)49-33/h15,17-23H,8-14,16,24H2,1-7H3,(H-,44,45,46,47,48)/p-1. The number of carbonyl (C=O) groups is 1. The van der Waals surface area contributed by atoms with Crippen molar-refractivity contribution in [3.05, 3.63) is 81.9 Å². The minimum absolute atomic E-state index is 0.0296. The van der Waals surface area contributed by atoms with Gasteiger partial charge in [-0.2, -0.15) is 0 Å². The second kappa shape index (κ2) is 13.2. The van der Waals surface area contributed by atoms with Gasteiger partial charge in [0, 0.05) is 84.5 Å². The number of hydrogen-bond donors (Lipinski definition) is 0. The molecule has 0 saturated heterocycles. The average molecular weight is 700 g/mol. The molecule has 0 saturated carbocycles. The first-order chi connectivity index (χ1) is 23.6. The van der Waals surface area contributed by atoms with E-state index in [9.17, 15) is 22.9 Å². The van der Waals surface area contributed by atoms with Gasteiger partial charge in [0.05, 0.1) is 27.5 Å². The van der Waals surface area contributed by atoms with E-state index >= 15 is 0 Å². The van der Waals surface area contributed by atoms with Crippen LogP contribution in [0.3, 0.4) is 0 Å². The average Bonchev–Trinajstić information content (AvgIpc) is 3.48. The Labute approximate surface area is 294 Å². The van der Waals surface area contributed by atoms with Gasteiger partial charge in [-0.15, -0.1) is 0 Å². The van der Waals surface area contributed by atoms with Crippen LogP contribution >= 0.6 is 0 Å². The predicted octanol–water partition coefficient (Wildman–Crippen LogP) is 4.19. The molecule has 2 aromatic carbocycles. The minimum Gasteiger partial charge on any atom is -0.748 e. The molecule has 0 aliphatic carbocycles. The van der Waals surface area contributed by atoms with Crippen molar-refractivity contribution in [2.45, 2.75) is 98.2 Å². The molecule has 0 spiro atoms. The number of ether oxygens (including phenoxy) is 1. The molecule has 266 valence electrons. The number of rotatable bonds is 12. The van der Waals surface area contributed by atoms with Gasteiger partial charge >= 0.3 is 0 Å². The first kappa shape index (κ1) is 35.6. The molecule has 6 rings (SSSR count). The molecule has 0 radical (unpaired) electrons. The Bertz CT molecular complexity index is 2170. The van der Waals surface area contributed by atoms with Crippen LogP contribution in [0, 0.1) is 0 Å². The van der Waals surface area contributed by atoms with Crippen molar-refractivity contribution >= 4 is 38.5 Å². The summed E-state index contributed by atoms with van der Waals surface area (Å²) in [5.74, 6) is 0.400. The Balaban J connectivity index is 1.64. The lowest BCUT2D eigenvalue weighted by molar-refractivity contribution is -0.305. The third kappa shape index (κ3) is 6.53. The number of aromatic nitrogens is 2. The SMILES string of the molecule is CCC1=CC(C)(C)[N+](CC)=c2cc3c(cc21)=C(c1nccn1CCCCCC(=O)[O-])c1cc2c(cc1O3)N(CC)C(C)(C)C=C2CS(=O)(=O)[O-]. The van der Waals surface area contributed by atoms with Crippen LogP contribution in [0.25, 0.3) is 16.7 Å². The van der Waals surface area contributed by atoms with Gasteiger partial charge in [0.2, 0.25) is 5.36 Å². The van der Waals surface area contributed by atoms with Crippen molar-refractivity contribution in [3.8, 4) is 11.5 Å². The van der Waals surface area contributed by atoms with Crippen LogP contribution in [0.1, 0.15) is 103 Å². The quantitative estimate of drug-likeness (QED) is 0.122. The molecule has 0 unspecified atom stereocenters. The normalized spacial score (nSPS) is 17.2. The molecule has 1 aromatic heterocycles. The van der Waals surface area contributed by atoms with E-state index in [1.807, 2.05) is 38.3 Å². The fourth-order valence-corrected chi connectivity index (χ4v) is 8.77. The van der Waals surface area contributed by atoms with Crippen molar-refractivity contribution in [1.82, 2.24) is 14.1 Å². The second-order valence-electron chi connectivity index (χ2n) is 14.5. The number of unbranched alkanes of at least 4 members (excludes halogenated alkanes) is 2. The van der Waals surface area contributed by atoms with E-state index in [4.69, 9.17) is 9.72 Å². The van der Waals surface area contributed by atoms with Gasteiger partial charge < -0.3 is 28.7 Å². The maximum Gasteiger partial charge on any atom is 0.211 e. The van der Waals surface area contributed by atoms with Crippen LogP contribution in [0.15, 0.2) is 48.8 Å². The lowest BCUT2D eigenvalue weighted by Crippen LogP contribution is -2.49. The van der Waals surface area contributed by atoms with Gasteiger partial charge in [0.15, 0.2) is 5.54 Å². The number of allylic oxidation sites excluding steroid dienone is 1. The van der Waals surface area contributed by atoms with Crippen LogP contribution in [-0.4, -0.2) is 58.4 Å². The smallest absolute Gasteiger partial charge is 0.211 e. The fraction of sp³-hybridized carbons (Fsp3) is 0.462. The summed E-state index contributed by atoms with van der Waals surface area (Å²) in [6.07, 6.45) is 10.8. The summed E-state index contributed by atoms with van der Waals surface area (Å²) in [4.78, 5) is 18.1. The van der Waals surface area contributed by atoms with Gasteiger partial charge in [-0.3, -0.25) is 0 Å². The number of likely N-dealkylation sites (N-methyl/N-ethyl adjacent to an activating group) is 2. The van der Waals surface area contributed by atoms with Crippen LogP contribution in [0.2, 0.25) is 0 Å². The van der Waals surface area contributed by atoms with Gasteiger partial charge in [0.1, 0.15) is 23.9 Å². The van der Waals surface area contributed by atoms with E-state index in [1.165, 1.54) is 5.57 Å². The van der Waals surface area contributed by atoms with E-state index < -0.39 is 27.4 Å². The number of carboxylic acid groups (broad SMARTS) is 1. The molecule has 10 nitrogen and oxygen atoms in total. The van der Waals surface area contributed by atoms with E-state index in [0.717, 1.165) is 64.6 Å². The molecule has 11 heteroatoms. The highest BCUT2D eigenvalue weighted by atomic mass is 32.2. The summed E-state index contributed by atoms with van der Waals surface area (Å²) in [5.41, 5.74) is 5.21. The lowest BCUT2D eigenvalue weighted by Gasteiger charge is -2.43. The van der Waals surface area contributed by atoms with Gasteiger partial charge in [-0.25, -0.2) is 18.0 Å². The fourth-order valence-electron chi connectivity index (χ4n) is 8.15. The Hall–Kier alpha value is -4.22. The van der Waals surface area contributed by atoms with E-state index in [1.54, 1.807) is 6.20 Å².